The van der Waals surface area contributed by atoms with Crippen LogP contribution in [0.15, 0.2) is 18.2 Å². The summed E-state index contributed by atoms with van der Waals surface area (Å²) in [4.78, 5) is 12.9. The van der Waals surface area contributed by atoms with Crippen LogP contribution in [0.3, 0.4) is 0 Å². The molecule has 0 atom stereocenters. The van der Waals surface area contributed by atoms with Crippen molar-refractivity contribution in [1.29, 1.82) is 0 Å². The first kappa shape index (κ1) is 23.9. The summed E-state index contributed by atoms with van der Waals surface area (Å²) in [5.41, 5.74) is 2.17. The van der Waals surface area contributed by atoms with Crippen molar-refractivity contribution in [1.82, 2.24) is 34.1 Å². The molecule has 12 heteroatoms. The van der Waals surface area contributed by atoms with Gasteiger partial charge >= 0.3 is 5.97 Å². The zero-order chi connectivity index (χ0) is 24.4. The summed E-state index contributed by atoms with van der Waals surface area (Å²) in [6, 6.07) is 5.68. The first-order chi connectivity index (χ1) is 16.4. The maximum atomic E-state index is 12.9. The molecule has 0 radical (unpaired) electrons. The summed E-state index contributed by atoms with van der Waals surface area (Å²) in [7, 11) is 0. The Kier molecular flexibility index (Phi) is 6.98. The normalized spacial score (nSPS) is 11.3. The van der Waals surface area contributed by atoms with Crippen molar-refractivity contribution >= 4 is 41.3 Å². The van der Waals surface area contributed by atoms with Crippen molar-refractivity contribution in [3.8, 4) is 5.75 Å². The summed E-state index contributed by atoms with van der Waals surface area (Å²) >= 11 is 10.6. The molecule has 10 nitrogen and oxygen atoms in total. The zero-order valence-corrected chi connectivity index (χ0v) is 21.2. The Hall–Kier alpha value is -3.25. The summed E-state index contributed by atoms with van der Waals surface area (Å²) in [6.07, 6.45) is 0. The molecular formula is C22H27N7O3S2. The highest BCUT2D eigenvalue weighted by Crippen LogP contribution is 2.31. The van der Waals surface area contributed by atoms with Crippen molar-refractivity contribution in [2.75, 3.05) is 6.61 Å². The summed E-state index contributed by atoms with van der Waals surface area (Å²) in [6.45, 7) is 10.1. The van der Waals surface area contributed by atoms with E-state index in [1.165, 1.54) is 0 Å². The van der Waals surface area contributed by atoms with Crippen molar-refractivity contribution in [2.45, 2.75) is 53.9 Å². The molecule has 0 spiro atoms. The topological polar surface area (TPSA) is 108 Å². The van der Waals surface area contributed by atoms with Crippen LogP contribution in [0.1, 0.15) is 48.5 Å². The molecule has 0 unspecified atom stereocenters. The maximum Gasteiger partial charge on any atom is 0.340 e. The van der Waals surface area contributed by atoms with E-state index in [4.69, 9.17) is 33.9 Å². The third-order valence-electron chi connectivity index (χ3n) is 5.75. The fourth-order valence-corrected chi connectivity index (χ4v) is 4.65. The molecule has 0 aliphatic rings. The van der Waals surface area contributed by atoms with E-state index in [-0.39, 0.29) is 19.2 Å². The number of esters is 1. The fourth-order valence-electron chi connectivity index (χ4n) is 4.09. The molecule has 0 bridgehead atoms. The molecule has 0 aliphatic heterocycles. The molecule has 3 aromatic heterocycles. The number of ether oxygens (including phenoxy) is 2. The molecule has 4 rings (SSSR count). The number of nitrogens with one attached hydrogen (secondary N) is 2. The first-order valence-corrected chi connectivity index (χ1v) is 11.9. The van der Waals surface area contributed by atoms with Gasteiger partial charge in [-0.2, -0.15) is 10.2 Å². The van der Waals surface area contributed by atoms with Crippen molar-refractivity contribution in [3.05, 3.63) is 50.6 Å². The third kappa shape index (κ3) is 4.30. The van der Waals surface area contributed by atoms with Gasteiger partial charge in [0, 0.05) is 29.7 Å². The van der Waals surface area contributed by atoms with Gasteiger partial charge in [-0.05, 0) is 70.3 Å². The lowest BCUT2D eigenvalue weighted by molar-refractivity contribution is 0.0527. The molecule has 0 saturated heterocycles. The van der Waals surface area contributed by atoms with Crippen LogP contribution in [0.25, 0.3) is 10.9 Å². The van der Waals surface area contributed by atoms with Crippen LogP contribution in [-0.2, 0) is 31.0 Å². The van der Waals surface area contributed by atoms with Crippen LogP contribution in [0.5, 0.6) is 5.75 Å². The highest BCUT2D eigenvalue weighted by molar-refractivity contribution is 7.71. The van der Waals surface area contributed by atoms with Gasteiger partial charge in [-0.3, -0.25) is 10.2 Å². The molecule has 1 aromatic carbocycles. The van der Waals surface area contributed by atoms with Crippen LogP contribution in [0.2, 0.25) is 0 Å². The molecule has 0 aliphatic carbocycles. The predicted octanol–water partition coefficient (Wildman–Crippen LogP) is 4.30. The number of H-pyrrole nitrogens is 2. The Morgan fingerprint density at radius 1 is 1.00 bits per heavy atom. The Morgan fingerprint density at radius 2 is 1.65 bits per heavy atom. The third-order valence-corrected chi connectivity index (χ3v) is 6.37. The van der Waals surface area contributed by atoms with Gasteiger partial charge in [-0.1, -0.05) is 0 Å². The predicted molar refractivity (Wildman–Crippen MR) is 132 cm³/mol. The second-order valence-electron chi connectivity index (χ2n) is 7.61. The Bertz CT molecular complexity index is 1460. The number of benzene rings is 1. The largest absolute Gasteiger partial charge is 0.486 e. The van der Waals surface area contributed by atoms with E-state index in [9.17, 15) is 4.79 Å². The van der Waals surface area contributed by atoms with Gasteiger partial charge in [-0.25, -0.2) is 4.79 Å². The van der Waals surface area contributed by atoms with Gasteiger partial charge in [-0.15, -0.1) is 0 Å². The highest BCUT2D eigenvalue weighted by Gasteiger charge is 2.23. The van der Waals surface area contributed by atoms with E-state index in [1.54, 1.807) is 6.92 Å². The van der Waals surface area contributed by atoms with Crippen LogP contribution >= 0.6 is 24.4 Å². The van der Waals surface area contributed by atoms with Crippen molar-refractivity contribution < 1.29 is 14.3 Å². The molecule has 3 heterocycles. The summed E-state index contributed by atoms with van der Waals surface area (Å²) in [5, 5.41) is 15.0. The molecule has 2 N–H and O–H groups in total. The molecular weight excluding hydrogens is 474 g/mol. The molecule has 34 heavy (non-hydrogen) atoms. The van der Waals surface area contributed by atoms with Crippen LogP contribution in [0, 0.1) is 16.5 Å². The van der Waals surface area contributed by atoms with Crippen molar-refractivity contribution in [2.24, 2.45) is 0 Å². The second-order valence-corrected chi connectivity index (χ2v) is 8.39. The minimum atomic E-state index is -0.373. The number of carbonyl (C=O) groups is 1. The average Bonchev–Trinajstić information content (AvgIpc) is 3.45. The van der Waals surface area contributed by atoms with Crippen LogP contribution in [0.4, 0.5) is 0 Å². The van der Waals surface area contributed by atoms with E-state index in [0.717, 1.165) is 22.4 Å². The Labute approximate surface area is 206 Å². The van der Waals surface area contributed by atoms with Gasteiger partial charge in [0.15, 0.2) is 21.2 Å². The van der Waals surface area contributed by atoms with Crippen LogP contribution in [-0.4, -0.2) is 46.7 Å². The number of hydrogen-bond acceptors (Lipinski definition) is 7. The minimum Gasteiger partial charge on any atom is -0.486 e. The molecule has 0 amide bonds. The van der Waals surface area contributed by atoms with Gasteiger partial charge in [0.25, 0.3) is 0 Å². The van der Waals surface area contributed by atoms with Gasteiger partial charge in [0.05, 0.1) is 18.7 Å². The average molecular weight is 502 g/mol. The Balaban J connectivity index is 1.75. The standard InChI is InChI=1S/C22H27N7O3S2/c1-5-27-17(23-25-21(27)33)11-29-13(4)19(20(30)31-7-3)15-10-14(8-9-16(15)29)32-12-18-24-26-22(34)28(18)6-2/h8-10H,5-7,11-12H2,1-4H3,(H,25,33)(H,26,34). The number of hydrogen-bond donors (Lipinski definition) is 2. The summed E-state index contributed by atoms with van der Waals surface area (Å²) < 4.78 is 18.4. The zero-order valence-electron chi connectivity index (χ0n) is 19.5. The first-order valence-electron chi connectivity index (χ1n) is 11.1. The molecule has 4 aromatic rings. The maximum absolute atomic E-state index is 12.9. The monoisotopic (exact) mass is 501 g/mol. The van der Waals surface area contributed by atoms with E-state index >= 15 is 0 Å². The lowest BCUT2D eigenvalue weighted by Crippen LogP contribution is -2.11. The number of fused-ring (bicyclic) bond motifs is 1. The summed E-state index contributed by atoms with van der Waals surface area (Å²) in [5.74, 6) is 1.73. The molecule has 180 valence electrons. The number of aromatic amines is 2. The smallest absolute Gasteiger partial charge is 0.340 e. The number of rotatable bonds is 9. The van der Waals surface area contributed by atoms with E-state index in [1.807, 2.05) is 52.7 Å². The van der Waals surface area contributed by atoms with Crippen LogP contribution < -0.4 is 4.74 Å². The van der Waals surface area contributed by atoms with E-state index in [2.05, 4.69) is 20.4 Å². The number of carbonyl (C=O) groups excluding carboxylic acids is 1. The molecule has 0 fully saturated rings. The van der Waals surface area contributed by atoms with E-state index in [0.29, 0.717) is 46.3 Å². The minimum absolute atomic E-state index is 0.242. The van der Waals surface area contributed by atoms with Gasteiger partial charge < -0.3 is 23.2 Å². The highest BCUT2D eigenvalue weighted by atomic mass is 32.1. The quantitative estimate of drug-likeness (QED) is 0.260. The number of aromatic nitrogens is 7. The molecule has 0 saturated carbocycles. The Morgan fingerprint density at radius 3 is 2.29 bits per heavy atom. The van der Waals surface area contributed by atoms with Crippen molar-refractivity contribution in [3.63, 3.8) is 0 Å². The fraction of sp³-hybridized carbons (Fsp3) is 0.409. The second kappa shape index (κ2) is 9.94. The van der Waals surface area contributed by atoms with E-state index < -0.39 is 0 Å². The van der Waals surface area contributed by atoms with Gasteiger partial charge in [0.1, 0.15) is 12.4 Å². The van der Waals surface area contributed by atoms with Gasteiger partial charge in [0.2, 0.25) is 0 Å². The lowest BCUT2D eigenvalue weighted by Gasteiger charge is -2.10. The SMILES string of the molecule is CCOC(=O)c1c(C)n(Cc2n[nH]c(=S)n2CC)c2ccc(OCc3n[nH]c(=S)n3CC)cc12. The number of nitrogens with zero attached hydrogens (tertiary/aromatic N) is 5. The lowest BCUT2D eigenvalue weighted by atomic mass is 10.1.